The second-order valence-corrected chi connectivity index (χ2v) is 5.28. The van der Waals surface area contributed by atoms with E-state index in [1.807, 2.05) is 7.05 Å². The zero-order chi connectivity index (χ0) is 14.9. The molecule has 2 aromatic rings. The minimum Gasteiger partial charge on any atom is -0.481 e. The number of hydrogen-bond donors (Lipinski definition) is 1. The zero-order valence-electron chi connectivity index (χ0n) is 11.6. The molecule has 3 rings (SSSR count). The first-order valence-electron chi connectivity index (χ1n) is 6.66. The van der Waals surface area contributed by atoms with Gasteiger partial charge in [0.05, 0.1) is 18.3 Å². The highest BCUT2D eigenvalue weighted by molar-refractivity contribution is 5.74. The summed E-state index contributed by atoms with van der Waals surface area (Å²) in [7, 11) is 1.85. The van der Waals surface area contributed by atoms with Crippen molar-refractivity contribution in [3.05, 3.63) is 12.5 Å². The molecule has 0 radical (unpaired) electrons. The van der Waals surface area contributed by atoms with E-state index < -0.39 is 11.4 Å². The predicted molar refractivity (Wildman–Crippen MR) is 70.1 cm³/mol. The van der Waals surface area contributed by atoms with Gasteiger partial charge < -0.3 is 14.4 Å². The van der Waals surface area contributed by atoms with Gasteiger partial charge in [-0.3, -0.25) is 4.79 Å². The maximum absolute atomic E-state index is 11.7. The Morgan fingerprint density at radius 1 is 1.48 bits per heavy atom. The average Bonchev–Trinajstić information content (AvgIpc) is 3.08. The third-order valence-electron chi connectivity index (χ3n) is 3.82. The number of rotatable bonds is 4. The number of carboxylic acid groups (broad SMARTS) is 1. The Morgan fingerprint density at radius 3 is 2.86 bits per heavy atom. The van der Waals surface area contributed by atoms with Crippen molar-refractivity contribution in [2.24, 2.45) is 12.5 Å². The summed E-state index contributed by atoms with van der Waals surface area (Å²) in [6.45, 7) is 1.09. The van der Waals surface area contributed by atoms with Crippen LogP contribution in [0.4, 0.5) is 0 Å². The van der Waals surface area contributed by atoms with Gasteiger partial charge in [0.15, 0.2) is 0 Å². The van der Waals surface area contributed by atoms with Crippen LogP contribution in [0.5, 0.6) is 0 Å². The summed E-state index contributed by atoms with van der Waals surface area (Å²) in [5.74, 6) is -0.365. The van der Waals surface area contributed by atoms with E-state index in [9.17, 15) is 9.90 Å². The molecule has 0 aromatic carbocycles. The number of aromatic nitrogens is 6. The fourth-order valence-corrected chi connectivity index (χ4v) is 2.51. The molecule has 0 atom stereocenters. The van der Waals surface area contributed by atoms with Crippen molar-refractivity contribution < 1.29 is 14.6 Å². The van der Waals surface area contributed by atoms with Gasteiger partial charge in [-0.1, -0.05) is 0 Å². The molecular formula is C12H16N6O3. The molecule has 1 N–H and O–H groups in total. The Labute approximate surface area is 120 Å². The van der Waals surface area contributed by atoms with Gasteiger partial charge in [0.25, 0.3) is 0 Å². The highest BCUT2D eigenvalue weighted by Gasteiger charge is 2.41. The minimum atomic E-state index is -0.892. The summed E-state index contributed by atoms with van der Waals surface area (Å²) in [4.78, 5) is 15.9. The van der Waals surface area contributed by atoms with E-state index in [2.05, 4.69) is 20.5 Å². The molecule has 0 aliphatic carbocycles. The van der Waals surface area contributed by atoms with Gasteiger partial charge in [0.2, 0.25) is 5.82 Å². The van der Waals surface area contributed by atoms with Crippen molar-refractivity contribution in [2.75, 3.05) is 13.2 Å². The van der Waals surface area contributed by atoms with Crippen LogP contribution in [0.1, 0.15) is 12.8 Å². The fourth-order valence-electron chi connectivity index (χ4n) is 2.51. The number of carbonyl (C=O) groups is 1. The number of nitrogens with zero attached hydrogens (tertiary/aromatic N) is 6. The van der Waals surface area contributed by atoms with E-state index in [1.165, 1.54) is 4.68 Å². The Morgan fingerprint density at radius 2 is 2.24 bits per heavy atom. The van der Waals surface area contributed by atoms with Crippen molar-refractivity contribution in [2.45, 2.75) is 19.4 Å². The van der Waals surface area contributed by atoms with Gasteiger partial charge in [0.1, 0.15) is 5.69 Å². The van der Waals surface area contributed by atoms with Gasteiger partial charge in [0, 0.05) is 26.5 Å². The highest BCUT2D eigenvalue weighted by Crippen LogP contribution is 2.33. The molecule has 1 fully saturated rings. The number of carboxylic acids is 1. The Balaban J connectivity index is 1.91. The van der Waals surface area contributed by atoms with Crippen LogP contribution >= 0.6 is 0 Å². The summed E-state index contributed by atoms with van der Waals surface area (Å²) < 4.78 is 8.58. The van der Waals surface area contributed by atoms with Gasteiger partial charge in [-0.05, 0) is 23.3 Å². The maximum atomic E-state index is 11.7. The molecule has 0 saturated carbocycles. The normalized spacial score (nSPS) is 17.8. The Kier molecular flexibility index (Phi) is 3.42. The van der Waals surface area contributed by atoms with Crippen molar-refractivity contribution in [1.82, 2.24) is 29.8 Å². The lowest BCUT2D eigenvalue weighted by atomic mass is 9.80. The molecule has 21 heavy (non-hydrogen) atoms. The minimum absolute atomic E-state index is 0.213. The third kappa shape index (κ3) is 2.51. The molecule has 2 aromatic heterocycles. The number of tetrazole rings is 1. The molecule has 0 spiro atoms. The van der Waals surface area contributed by atoms with Crippen LogP contribution in [0.3, 0.4) is 0 Å². The molecule has 0 unspecified atom stereocenters. The summed E-state index contributed by atoms with van der Waals surface area (Å²) in [6, 6.07) is 0. The van der Waals surface area contributed by atoms with Crippen LogP contribution in [-0.2, 0) is 23.1 Å². The summed E-state index contributed by atoms with van der Waals surface area (Å²) in [6.07, 6.45) is 4.34. The first-order valence-corrected chi connectivity index (χ1v) is 6.66. The summed E-state index contributed by atoms with van der Waals surface area (Å²) >= 11 is 0. The molecule has 0 bridgehead atoms. The van der Waals surface area contributed by atoms with Crippen LogP contribution in [0, 0.1) is 5.41 Å². The molecule has 9 heteroatoms. The van der Waals surface area contributed by atoms with E-state index in [1.54, 1.807) is 17.1 Å². The monoisotopic (exact) mass is 292 g/mol. The van der Waals surface area contributed by atoms with Crippen LogP contribution < -0.4 is 0 Å². The van der Waals surface area contributed by atoms with Crippen molar-refractivity contribution in [1.29, 1.82) is 0 Å². The smallest absolute Gasteiger partial charge is 0.311 e. The predicted octanol–water partition coefficient (Wildman–Crippen LogP) is -0.0450. The molecule has 1 saturated heterocycles. The third-order valence-corrected chi connectivity index (χ3v) is 3.82. The van der Waals surface area contributed by atoms with Crippen molar-refractivity contribution in [3.63, 3.8) is 0 Å². The van der Waals surface area contributed by atoms with Crippen LogP contribution in [0.15, 0.2) is 12.5 Å². The molecule has 1 aliphatic rings. The summed E-state index contributed by atoms with van der Waals surface area (Å²) in [5.41, 5.74) is -0.271. The quantitative estimate of drug-likeness (QED) is 0.841. The van der Waals surface area contributed by atoms with Gasteiger partial charge in [-0.25, -0.2) is 9.67 Å². The first kappa shape index (κ1) is 13.7. The molecule has 112 valence electrons. The van der Waals surface area contributed by atoms with Crippen LogP contribution in [0.25, 0.3) is 11.5 Å². The molecule has 0 amide bonds. The van der Waals surface area contributed by atoms with Crippen molar-refractivity contribution in [3.8, 4) is 11.5 Å². The fraction of sp³-hybridized carbons (Fsp3) is 0.583. The lowest BCUT2D eigenvalue weighted by Crippen LogP contribution is -2.41. The molecule has 1 aliphatic heterocycles. The number of aliphatic carboxylic acids is 1. The van der Waals surface area contributed by atoms with Crippen LogP contribution in [-0.4, -0.2) is 54.0 Å². The molecule has 9 nitrogen and oxygen atoms in total. The topological polar surface area (TPSA) is 108 Å². The van der Waals surface area contributed by atoms with Crippen molar-refractivity contribution >= 4 is 5.97 Å². The van der Waals surface area contributed by atoms with Gasteiger partial charge in [-0.2, -0.15) is 0 Å². The second-order valence-electron chi connectivity index (χ2n) is 5.28. The molecule has 3 heterocycles. The lowest BCUT2D eigenvalue weighted by molar-refractivity contribution is -0.156. The number of aryl methyl sites for hydroxylation is 1. The second kappa shape index (κ2) is 5.24. The van der Waals surface area contributed by atoms with E-state index in [4.69, 9.17) is 4.74 Å². The Bertz CT molecular complexity index is 643. The Hall–Kier alpha value is -2.29. The van der Waals surface area contributed by atoms with Gasteiger partial charge >= 0.3 is 5.97 Å². The zero-order valence-corrected chi connectivity index (χ0v) is 11.6. The average molecular weight is 292 g/mol. The lowest BCUT2D eigenvalue weighted by Gasteiger charge is -2.32. The maximum Gasteiger partial charge on any atom is 0.311 e. The number of ether oxygens (including phenoxy) is 1. The first-order chi connectivity index (χ1) is 10.1. The molecular weight excluding hydrogens is 276 g/mol. The van der Waals surface area contributed by atoms with E-state index in [-0.39, 0.29) is 6.54 Å². The van der Waals surface area contributed by atoms with E-state index >= 15 is 0 Å². The van der Waals surface area contributed by atoms with Crippen LogP contribution in [0.2, 0.25) is 0 Å². The highest BCUT2D eigenvalue weighted by atomic mass is 16.5. The summed E-state index contributed by atoms with van der Waals surface area (Å²) in [5, 5.41) is 21.1. The number of hydrogen-bond acceptors (Lipinski definition) is 6. The standard InChI is InChI=1S/C12H16N6O3/c1-17-6-9(13-8-17)10-14-15-16-18(10)7-12(11(19)20)2-4-21-5-3-12/h6,8H,2-5,7H2,1H3,(H,19,20). The largest absolute Gasteiger partial charge is 0.481 e. The SMILES string of the molecule is Cn1cnc(-c2nnnn2CC2(C(=O)O)CCOCC2)c1. The van der Waals surface area contributed by atoms with Gasteiger partial charge in [-0.15, -0.1) is 5.10 Å². The van der Waals surface area contributed by atoms with E-state index in [0.717, 1.165) is 0 Å². The van der Waals surface area contributed by atoms with E-state index in [0.29, 0.717) is 37.6 Å². The number of imidazole rings is 1.